The van der Waals surface area contributed by atoms with E-state index >= 15 is 0 Å². The van der Waals surface area contributed by atoms with Crippen molar-refractivity contribution in [3.8, 4) is 0 Å². The summed E-state index contributed by atoms with van der Waals surface area (Å²) in [6.07, 6.45) is 3.89. The van der Waals surface area contributed by atoms with Crippen LogP contribution in [0.5, 0.6) is 0 Å². The first kappa shape index (κ1) is 13.7. The van der Waals surface area contributed by atoms with Gasteiger partial charge in [-0.25, -0.2) is 0 Å². The molecule has 0 spiro atoms. The van der Waals surface area contributed by atoms with E-state index < -0.39 is 11.7 Å². The van der Waals surface area contributed by atoms with Crippen molar-refractivity contribution in [2.45, 2.75) is 43.3 Å². The fourth-order valence-electron chi connectivity index (χ4n) is 2.84. The molecule has 0 unspecified atom stereocenters. The molecule has 0 radical (unpaired) electrons. The second kappa shape index (κ2) is 4.92. The summed E-state index contributed by atoms with van der Waals surface area (Å²) in [6, 6.07) is 6.39. The van der Waals surface area contributed by atoms with Crippen LogP contribution >= 0.6 is 0 Å². The summed E-state index contributed by atoms with van der Waals surface area (Å²) >= 11 is 0. The Hall–Kier alpha value is -1.29. The topological polar surface area (TPSA) is 12.0 Å². The van der Waals surface area contributed by atoms with Gasteiger partial charge in [0.1, 0.15) is 0 Å². The Morgan fingerprint density at radius 3 is 2.45 bits per heavy atom. The van der Waals surface area contributed by atoms with Crippen molar-refractivity contribution in [3.63, 3.8) is 0 Å². The minimum atomic E-state index is -4.27. The average Bonchev–Trinajstić information content (AvgIpc) is 3.13. The summed E-state index contributed by atoms with van der Waals surface area (Å²) in [5.41, 5.74) is 0.0438. The van der Waals surface area contributed by atoms with Crippen LogP contribution in [0, 0.1) is 0 Å². The lowest BCUT2D eigenvalue weighted by Gasteiger charge is -2.31. The number of nitrogens with one attached hydrogen (secondary N) is 1. The van der Waals surface area contributed by atoms with Gasteiger partial charge in [-0.2, -0.15) is 13.2 Å². The zero-order valence-corrected chi connectivity index (χ0v) is 11.2. The maximum absolute atomic E-state index is 12.9. The highest BCUT2D eigenvalue weighted by Crippen LogP contribution is 2.39. The molecule has 3 rings (SSSR count). The molecule has 108 valence electrons. The number of rotatable bonds is 4. The van der Waals surface area contributed by atoms with Crippen LogP contribution in [0.15, 0.2) is 36.4 Å². The number of hydrogen-bond donors (Lipinski definition) is 1. The summed E-state index contributed by atoms with van der Waals surface area (Å²) in [4.78, 5) is 0. The third-order valence-corrected chi connectivity index (χ3v) is 4.29. The van der Waals surface area contributed by atoms with E-state index in [1.165, 1.54) is 25.0 Å². The first-order valence-electron chi connectivity index (χ1n) is 7.06. The van der Waals surface area contributed by atoms with Crippen LogP contribution in [-0.4, -0.2) is 12.6 Å². The van der Waals surface area contributed by atoms with E-state index in [9.17, 15) is 13.2 Å². The Morgan fingerprint density at radius 2 is 1.85 bits per heavy atom. The molecule has 2 aliphatic carbocycles. The van der Waals surface area contributed by atoms with E-state index in [0.29, 0.717) is 6.04 Å². The summed E-state index contributed by atoms with van der Waals surface area (Å²) in [6.45, 7) is 0.756. The average molecular weight is 281 g/mol. The Kier molecular flexibility index (Phi) is 3.36. The van der Waals surface area contributed by atoms with E-state index in [1.54, 1.807) is 0 Å². The molecule has 1 aromatic rings. The van der Waals surface area contributed by atoms with Gasteiger partial charge < -0.3 is 5.32 Å². The standard InChI is InChI=1S/C16H18F3N/c17-16(18,19)13-5-3-4-12(10-13)15(8-1-2-9-15)11-20-14-6-7-14/h1-5,10,14,20H,6-9,11H2. The molecule has 0 bridgehead atoms. The Labute approximate surface area is 116 Å². The zero-order valence-electron chi connectivity index (χ0n) is 11.2. The van der Waals surface area contributed by atoms with Gasteiger partial charge in [0.25, 0.3) is 0 Å². The largest absolute Gasteiger partial charge is 0.416 e. The van der Waals surface area contributed by atoms with Crippen LogP contribution in [0.25, 0.3) is 0 Å². The summed E-state index contributed by atoms with van der Waals surface area (Å²) in [5, 5.41) is 3.47. The highest BCUT2D eigenvalue weighted by atomic mass is 19.4. The maximum atomic E-state index is 12.9. The van der Waals surface area contributed by atoms with E-state index in [2.05, 4.69) is 17.5 Å². The molecular formula is C16H18F3N. The molecule has 1 N–H and O–H groups in total. The van der Waals surface area contributed by atoms with Crippen LogP contribution in [0.4, 0.5) is 13.2 Å². The van der Waals surface area contributed by atoms with Crippen LogP contribution in [0.2, 0.25) is 0 Å². The zero-order chi connectivity index (χ0) is 14.2. The molecule has 0 saturated heterocycles. The fourth-order valence-corrected chi connectivity index (χ4v) is 2.84. The van der Waals surface area contributed by atoms with E-state index in [-0.39, 0.29) is 5.41 Å². The molecule has 2 aliphatic rings. The second-order valence-electron chi connectivity index (χ2n) is 5.89. The third kappa shape index (κ3) is 2.75. The highest BCUT2D eigenvalue weighted by Gasteiger charge is 2.37. The van der Waals surface area contributed by atoms with Gasteiger partial charge in [0.2, 0.25) is 0 Å². The first-order valence-corrected chi connectivity index (χ1v) is 7.06. The maximum Gasteiger partial charge on any atom is 0.416 e. The van der Waals surface area contributed by atoms with Crippen LogP contribution in [0.3, 0.4) is 0 Å². The molecule has 0 aromatic heterocycles. The van der Waals surface area contributed by atoms with Crippen molar-refractivity contribution < 1.29 is 13.2 Å². The molecule has 20 heavy (non-hydrogen) atoms. The second-order valence-corrected chi connectivity index (χ2v) is 5.89. The Morgan fingerprint density at radius 1 is 1.15 bits per heavy atom. The van der Waals surface area contributed by atoms with Crippen molar-refractivity contribution in [3.05, 3.63) is 47.5 Å². The fraction of sp³-hybridized carbons (Fsp3) is 0.500. The van der Waals surface area contributed by atoms with Gasteiger partial charge in [-0.1, -0.05) is 30.4 Å². The monoisotopic (exact) mass is 281 g/mol. The van der Waals surface area contributed by atoms with Crippen molar-refractivity contribution in [1.82, 2.24) is 5.32 Å². The van der Waals surface area contributed by atoms with E-state index in [1.807, 2.05) is 6.07 Å². The number of benzene rings is 1. The van der Waals surface area contributed by atoms with Crippen molar-refractivity contribution in [1.29, 1.82) is 0 Å². The van der Waals surface area contributed by atoms with E-state index in [0.717, 1.165) is 31.0 Å². The van der Waals surface area contributed by atoms with E-state index in [4.69, 9.17) is 0 Å². The normalized spacial score (nSPS) is 21.4. The molecule has 1 saturated carbocycles. The minimum Gasteiger partial charge on any atom is -0.313 e. The molecule has 1 fully saturated rings. The molecular weight excluding hydrogens is 263 g/mol. The number of allylic oxidation sites excluding steroid dienone is 2. The smallest absolute Gasteiger partial charge is 0.313 e. The van der Waals surface area contributed by atoms with Crippen LogP contribution in [-0.2, 0) is 11.6 Å². The predicted molar refractivity (Wildman–Crippen MR) is 72.5 cm³/mol. The third-order valence-electron chi connectivity index (χ3n) is 4.29. The summed E-state index contributed by atoms with van der Waals surface area (Å²) < 4.78 is 38.6. The lowest BCUT2D eigenvalue weighted by atomic mass is 9.77. The quantitative estimate of drug-likeness (QED) is 0.821. The predicted octanol–water partition coefficient (Wildman–Crippen LogP) is 4.05. The SMILES string of the molecule is FC(F)(F)c1cccc(C2(CNC3CC3)CC=CC2)c1. The lowest BCUT2D eigenvalue weighted by molar-refractivity contribution is -0.137. The lowest BCUT2D eigenvalue weighted by Crippen LogP contribution is -2.37. The summed E-state index contributed by atoms with van der Waals surface area (Å²) in [7, 11) is 0. The van der Waals surface area contributed by atoms with Crippen LogP contribution in [0.1, 0.15) is 36.8 Å². The number of alkyl halides is 3. The molecule has 0 amide bonds. The summed E-state index contributed by atoms with van der Waals surface area (Å²) in [5.74, 6) is 0. The molecule has 0 atom stereocenters. The first-order chi connectivity index (χ1) is 9.50. The van der Waals surface area contributed by atoms with Gasteiger partial charge >= 0.3 is 6.18 Å². The van der Waals surface area contributed by atoms with Gasteiger partial charge in [0, 0.05) is 18.0 Å². The highest BCUT2D eigenvalue weighted by molar-refractivity contribution is 5.35. The van der Waals surface area contributed by atoms with Crippen molar-refractivity contribution in [2.75, 3.05) is 6.54 Å². The van der Waals surface area contributed by atoms with Gasteiger partial charge in [-0.05, 0) is 37.3 Å². The van der Waals surface area contributed by atoms with Gasteiger partial charge in [0.05, 0.1) is 5.56 Å². The minimum absolute atomic E-state index is 0.205. The van der Waals surface area contributed by atoms with Gasteiger partial charge in [-0.3, -0.25) is 0 Å². The van der Waals surface area contributed by atoms with Crippen LogP contribution < -0.4 is 5.32 Å². The van der Waals surface area contributed by atoms with Crippen molar-refractivity contribution in [2.24, 2.45) is 0 Å². The van der Waals surface area contributed by atoms with Gasteiger partial charge in [0.15, 0.2) is 0 Å². The number of halogens is 3. The molecule has 0 aliphatic heterocycles. The molecule has 1 aromatic carbocycles. The van der Waals surface area contributed by atoms with Crippen molar-refractivity contribution >= 4 is 0 Å². The van der Waals surface area contributed by atoms with Gasteiger partial charge in [-0.15, -0.1) is 0 Å². The Bertz CT molecular complexity index is 507. The Balaban J connectivity index is 1.86. The molecule has 4 heteroatoms. The number of hydrogen-bond acceptors (Lipinski definition) is 1. The molecule has 1 nitrogen and oxygen atoms in total. The molecule has 0 heterocycles.